The maximum atomic E-state index is 11.3. The molecule has 0 spiro atoms. The van der Waals surface area contributed by atoms with Crippen molar-refractivity contribution in [2.24, 2.45) is 0 Å². The Bertz CT molecular complexity index is 788. The molecule has 0 saturated heterocycles. The van der Waals surface area contributed by atoms with Crippen LogP contribution in [0.25, 0.3) is 11.1 Å². The highest BCUT2D eigenvalue weighted by molar-refractivity contribution is 7.99. The summed E-state index contributed by atoms with van der Waals surface area (Å²) in [5.41, 5.74) is 2.25. The van der Waals surface area contributed by atoms with Gasteiger partial charge in [0.25, 0.3) is 0 Å². The number of aliphatic hydroxyl groups is 1. The standard InChI is InChI=1S/C23H27NO3S/c1-27-22(25)16-23(26,17-24)18-28-15-9-3-6-12-20-13-7-8-14-21(20)19-10-4-2-5-11-19/h2,4-5,7-8,10-11,13-14,26H,3,6,9,12,15-16,18H2,1H3. The van der Waals surface area contributed by atoms with E-state index in [0.717, 1.165) is 31.4 Å². The summed E-state index contributed by atoms with van der Waals surface area (Å²) in [6.07, 6.45) is 3.93. The van der Waals surface area contributed by atoms with Crippen LogP contribution in [-0.4, -0.2) is 35.3 Å². The Balaban J connectivity index is 1.72. The van der Waals surface area contributed by atoms with Crippen LogP contribution >= 0.6 is 11.8 Å². The molecule has 2 aromatic rings. The average Bonchev–Trinajstić information content (AvgIpc) is 2.74. The van der Waals surface area contributed by atoms with E-state index in [9.17, 15) is 9.90 Å². The molecule has 0 heterocycles. The Hall–Kier alpha value is -2.29. The zero-order valence-electron chi connectivity index (χ0n) is 16.3. The number of carbonyl (C=O) groups excluding carboxylic acids is 1. The second-order valence-corrected chi connectivity index (χ2v) is 7.89. The van der Waals surface area contributed by atoms with Gasteiger partial charge in [-0.3, -0.25) is 4.79 Å². The van der Waals surface area contributed by atoms with Crippen molar-refractivity contribution in [2.75, 3.05) is 18.6 Å². The van der Waals surface area contributed by atoms with Crippen molar-refractivity contribution in [3.05, 3.63) is 60.2 Å². The fourth-order valence-corrected chi connectivity index (χ4v) is 4.07. The van der Waals surface area contributed by atoms with Crippen molar-refractivity contribution in [2.45, 2.75) is 37.7 Å². The van der Waals surface area contributed by atoms with Gasteiger partial charge in [-0.25, -0.2) is 0 Å². The van der Waals surface area contributed by atoms with Gasteiger partial charge in [-0.15, -0.1) is 0 Å². The number of ether oxygens (including phenoxy) is 1. The zero-order valence-corrected chi connectivity index (χ0v) is 17.1. The minimum Gasteiger partial charge on any atom is -0.469 e. The first-order valence-corrected chi connectivity index (χ1v) is 10.6. The highest BCUT2D eigenvalue weighted by atomic mass is 32.2. The molecule has 0 aliphatic heterocycles. The van der Waals surface area contributed by atoms with Crippen LogP contribution in [0.1, 0.15) is 31.2 Å². The molecule has 1 unspecified atom stereocenters. The Kier molecular flexibility index (Phi) is 9.06. The Labute approximate surface area is 171 Å². The quantitative estimate of drug-likeness (QED) is 0.340. The van der Waals surface area contributed by atoms with E-state index in [4.69, 9.17) is 5.26 Å². The third-order valence-electron chi connectivity index (χ3n) is 4.55. The van der Waals surface area contributed by atoms with Crippen LogP contribution < -0.4 is 0 Å². The highest BCUT2D eigenvalue weighted by Gasteiger charge is 2.30. The molecule has 148 valence electrons. The van der Waals surface area contributed by atoms with E-state index in [0.29, 0.717) is 0 Å². The third kappa shape index (κ3) is 7.03. The minimum atomic E-state index is -1.65. The first kappa shape index (κ1) is 22.0. The van der Waals surface area contributed by atoms with E-state index in [1.54, 1.807) is 0 Å². The van der Waals surface area contributed by atoms with Crippen LogP contribution in [0.5, 0.6) is 0 Å². The summed E-state index contributed by atoms with van der Waals surface area (Å²) in [5, 5.41) is 19.2. The molecule has 1 atom stereocenters. The molecule has 4 nitrogen and oxygen atoms in total. The fourth-order valence-electron chi connectivity index (χ4n) is 3.01. The summed E-state index contributed by atoms with van der Waals surface area (Å²) >= 11 is 1.50. The van der Waals surface area contributed by atoms with Gasteiger partial charge in [0.05, 0.1) is 19.6 Å². The summed E-state index contributed by atoms with van der Waals surface area (Å²) in [6.45, 7) is 0. The highest BCUT2D eigenvalue weighted by Crippen LogP contribution is 2.25. The topological polar surface area (TPSA) is 70.3 Å². The molecule has 2 aromatic carbocycles. The van der Waals surface area contributed by atoms with Gasteiger partial charge in [0.2, 0.25) is 0 Å². The number of rotatable bonds is 11. The second kappa shape index (κ2) is 11.5. The first-order valence-electron chi connectivity index (χ1n) is 9.49. The zero-order chi connectivity index (χ0) is 20.2. The van der Waals surface area contributed by atoms with Gasteiger partial charge in [-0.2, -0.15) is 17.0 Å². The van der Waals surface area contributed by atoms with Crippen LogP contribution in [-0.2, 0) is 16.0 Å². The van der Waals surface area contributed by atoms with Crippen LogP contribution in [0, 0.1) is 11.3 Å². The normalized spacial score (nSPS) is 12.8. The lowest BCUT2D eigenvalue weighted by Crippen LogP contribution is -2.33. The van der Waals surface area contributed by atoms with E-state index < -0.39 is 11.6 Å². The lowest BCUT2D eigenvalue weighted by molar-refractivity contribution is -0.143. The van der Waals surface area contributed by atoms with Crippen molar-refractivity contribution >= 4 is 17.7 Å². The van der Waals surface area contributed by atoms with Crippen molar-refractivity contribution in [1.29, 1.82) is 5.26 Å². The van der Waals surface area contributed by atoms with Gasteiger partial charge in [0, 0.05) is 5.75 Å². The van der Waals surface area contributed by atoms with E-state index in [1.807, 2.05) is 12.1 Å². The number of hydrogen-bond acceptors (Lipinski definition) is 5. The van der Waals surface area contributed by atoms with E-state index in [2.05, 4.69) is 53.3 Å². The lowest BCUT2D eigenvalue weighted by atomic mass is 9.96. The minimum absolute atomic E-state index is 0.218. The number of esters is 1. The molecule has 0 aromatic heterocycles. The molecule has 0 aliphatic rings. The summed E-state index contributed by atoms with van der Waals surface area (Å²) in [4.78, 5) is 11.3. The van der Waals surface area contributed by atoms with E-state index in [1.165, 1.54) is 35.6 Å². The average molecular weight is 398 g/mol. The molecule has 2 rings (SSSR count). The van der Waals surface area contributed by atoms with Crippen LogP contribution in [0.15, 0.2) is 54.6 Å². The van der Waals surface area contributed by atoms with Crippen molar-refractivity contribution < 1.29 is 14.6 Å². The number of methoxy groups -OCH3 is 1. The molecule has 0 aliphatic carbocycles. The maximum Gasteiger partial charge on any atom is 0.309 e. The summed E-state index contributed by atoms with van der Waals surface area (Å²) in [5.74, 6) is 0.503. The molecule has 5 heteroatoms. The number of nitrogens with zero attached hydrogens (tertiary/aromatic N) is 1. The largest absolute Gasteiger partial charge is 0.469 e. The summed E-state index contributed by atoms with van der Waals surface area (Å²) in [6, 6.07) is 20.8. The fraction of sp³-hybridized carbons (Fsp3) is 0.391. The Morgan fingerprint density at radius 3 is 2.54 bits per heavy atom. The lowest BCUT2D eigenvalue weighted by Gasteiger charge is -2.18. The number of thioether (sulfide) groups is 1. The molecular weight excluding hydrogens is 370 g/mol. The predicted molar refractivity (Wildman–Crippen MR) is 114 cm³/mol. The van der Waals surface area contributed by atoms with Gasteiger partial charge < -0.3 is 9.84 Å². The molecule has 0 fully saturated rings. The SMILES string of the molecule is COC(=O)CC(O)(C#N)CSCCCCCc1ccccc1-c1ccccc1. The molecule has 1 N–H and O–H groups in total. The van der Waals surface area contributed by atoms with Crippen molar-refractivity contribution in [3.63, 3.8) is 0 Å². The van der Waals surface area contributed by atoms with Gasteiger partial charge in [-0.05, 0) is 41.7 Å². The number of aryl methyl sites for hydroxylation is 1. The molecule has 0 saturated carbocycles. The van der Waals surface area contributed by atoms with Crippen LogP contribution in [0.2, 0.25) is 0 Å². The van der Waals surface area contributed by atoms with E-state index in [-0.39, 0.29) is 12.2 Å². The number of benzene rings is 2. The van der Waals surface area contributed by atoms with Gasteiger partial charge in [-0.1, -0.05) is 61.0 Å². The van der Waals surface area contributed by atoms with Gasteiger partial charge in [0.1, 0.15) is 0 Å². The van der Waals surface area contributed by atoms with E-state index >= 15 is 0 Å². The van der Waals surface area contributed by atoms with Crippen molar-refractivity contribution in [3.8, 4) is 17.2 Å². The number of hydrogen-bond donors (Lipinski definition) is 1. The van der Waals surface area contributed by atoms with Crippen LogP contribution in [0.4, 0.5) is 0 Å². The third-order valence-corrected chi connectivity index (χ3v) is 5.81. The number of unbranched alkanes of at least 4 members (excludes halogenated alkanes) is 2. The summed E-state index contributed by atoms with van der Waals surface area (Å²) in [7, 11) is 1.25. The second-order valence-electron chi connectivity index (χ2n) is 6.78. The molecule has 28 heavy (non-hydrogen) atoms. The maximum absolute atomic E-state index is 11.3. The molecular formula is C23H27NO3S. The van der Waals surface area contributed by atoms with Crippen LogP contribution in [0.3, 0.4) is 0 Å². The predicted octanol–water partition coefficient (Wildman–Crippen LogP) is 4.62. The molecule has 0 radical (unpaired) electrons. The number of nitriles is 1. The molecule has 0 amide bonds. The Morgan fingerprint density at radius 2 is 1.82 bits per heavy atom. The Morgan fingerprint density at radius 1 is 1.11 bits per heavy atom. The summed E-state index contributed by atoms with van der Waals surface area (Å²) < 4.78 is 4.53. The van der Waals surface area contributed by atoms with Gasteiger partial charge in [0.15, 0.2) is 5.60 Å². The molecule has 0 bridgehead atoms. The smallest absolute Gasteiger partial charge is 0.309 e. The number of carbonyl (C=O) groups is 1. The first-order chi connectivity index (χ1) is 13.6. The van der Waals surface area contributed by atoms with Crippen molar-refractivity contribution in [1.82, 2.24) is 0 Å². The van der Waals surface area contributed by atoms with Gasteiger partial charge >= 0.3 is 5.97 Å². The monoisotopic (exact) mass is 397 g/mol.